The minimum atomic E-state index is -2.07. The highest BCUT2D eigenvalue weighted by molar-refractivity contribution is 6.74. The van der Waals surface area contributed by atoms with Gasteiger partial charge in [0, 0.05) is 0 Å². The normalized spacial score (nSPS) is 14.4. The molecule has 17 heavy (non-hydrogen) atoms. The maximum atomic E-state index is 10.9. The van der Waals surface area contributed by atoms with Gasteiger partial charge in [0.2, 0.25) is 5.91 Å². The van der Waals surface area contributed by atoms with Crippen LogP contribution in [0.15, 0.2) is 0 Å². The lowest BCUT2D eigenvalue weighted by molar-refractivity contribution is -0.139. The molecule has 1 atom stereocenters. The molecule has 0 radical (unpaired) electrons. The van der Waals surface area contributed by atoms with Crippen molar-refractivity contribution >= 4 is 20.2 Å². The van der Waals surface area contributed by atoms with Crippen molar-refractivity contribution in [2.24, 2.45) is 5.73 Å². The van der Waals surface area contributed by atoms with Crippen molar-refractivity contribution in [2.45, 2.75) is 57.8 Å². The molecule has 0 aliphatic rings. The highest BCUT2D eigenvalue weighted by Gasteiger charge is 2.39. The van der Waals surface area contributed by atoms with Crippen molar-refractivity contribution in [1.82, 2.24) is 0 Å². The molecule has 1 unspecified atom stereocenters. The van der Waals surface area contributed by atoms with E-state index in [0.717, 1.165) is 0 Å². The van der Waals surface area contributed by atoms with Gasteiger partial charge < -0.3 is 15.3 Å². The van der Waals surface area contributed by atoms with Crippen LogP contribution in [0.2, 0.25) is 18.1 Å². The zero-order valence-corrected chi connectivity index (χ0v) is 12.2. The smallest absolute Gasteiger partial charge is 0.305 e. The molecule has 100 valence electrons. The maximum Gasteiger partial charge on any atom is 0.305 e. The summed E-state index contributed by atoms with van der Waals surface area (Å²) in [4.78, 5) is 21.6. The van der Waals surface area contributed by atoms with Gasteiger partial charge in [0.15, 0.2) is 8.32 Å². The van der Waals surface area contributed by atoms with E-state index in [1.165, 1.54) is 0 Å². The Labute approximate surface area is 103 Å². The Morgan fingerprint density at radius 2 is 1.76 bits per heavy atom. The summed E-state index contributed by atoms with van der Waals surface area (Å²) < 4.78 is 5.88. The van der Waals surface area contributed by atoms with Crippen LogP contribution in [0.4, 0.5) is 0 Å². The number of amides is 1. The quantitative estimate of drug-likeness (QED) is 0.712. The van der Waals surface area contributed by atoms with Gasteiger partial charge in [0.25, 0.3) is 0 Å². The highest BCUT2D eigenvalue weighted by atomic mass is 28.4. The molecule has 0 aliphatic heterocycles. The lowest BCUT2D eigenvalue weighted by Gasteiger charge is -2.38. The van der Waals surface area contributed by atoms with Crippen LogP contribution in [0.1, 0.15) is 33.6 Å². The second-order valence-corrected chi connectivity index (χ2v) is 10.5. The molecular formula is C11H23NO4Si. The number of hydrogen-bond donors (Lipinski definition) is 2. The third-order valence-electron chi connectivity index (χ3n) is 3.10. The summed E-state index contributed by atoms with van der Waals surface area (Å²) in [5.74, 6) is -1.51. The Kier molecular flexibility index (Phi) is 5.34. The van der Waals surface area contributed by atoms with Crippen molar-refractivity contribution in [2.75, 3.05) is 0 Å². The lowest BCUT2D eigenvalue weighted by Crippen LogP contribution is -2.45. The first-order valence-corrected chi connectivity index (χ1v) is 8.54. The number of hydrogen-bond acceptors (Lipinski definition) is 3. The molecule has 0 fully saturated rings. The van der Waals surface area contributed by atoms with E-state index in [-0.39, 0.29) is 17.9 Å². The van der Waals surface area contributed by atoms with E-state index in [1.807, 2.05) is 13.1 Å². The third-order valence-corrected chi connectivity index (χ3v) is 7.63. The maximum absolute atomic E-state index is 10.9. The van der Waals surface area contributed by atoms with Crippen LogP contribution >= 0.6 is 0 Å². The molecule has 6 heteroatoms. The molecule has 0 saturated heterocycles. The van der Waals surface area contributed by atoms with Gasteiger partial charge in [-0.25, -0.2) is 0 Å². The third kappa shape index (κ3) is 5.83. The number of primary amides is 1. The zero-order valence-electron chi connectivity index (χ0n) is 11.2. The van der Waals surface area contributed by atoms with Crippen molar-refractivity contribution in [1.29, 1.82) is 0 Å². The van der Waals surface area contributed by atoms with Crippen LogP contribution < -0.4 is 5.73 Å². The Bertz CT molecular complexity index is 280. The average Bonchev–Trinajstić information content (AvgIpc) is 1.96. The first kappa shape index (κ1) is 16.1. The van der Waals surface area contributed by atoms with Gasteiger partial charge >= 0.3 is 5.97 Å². The fourth-order valence-corrected chi connectivity index (χ4v) is 2.52. The second-order valence-electron chi connectivity index (χ2n) is 5.77. The van der Waals surface area contributed by atoms with Crippen molar-refractivity contribution in [3.05, 3.63) is 0 Å². The van der Waals surface area contributed by atoms with Gasteiger partial charge in [-0.3, -0.25) is 9.59 Å². The topological polar surface area (TPSA) is 89.6 Å². The van der Waals surface area contributed by atoms with Gasteiger partial charge in [-0.2, -0.15) is 0 Å². The molecule has 0 rings (SSSR count). The monoisotopic (exact) mass is 261 g/mol. The first-order valence-electron chi connectivity index (χ1n) is 5.63. The van der Waals surface area contributed by atoms with Crippen LogP contribution in [0.25, 0.3) is 0 Å². The highest BCUT2D eigenvalue weighted by Crippen LogP contribution is 2.37. The summed E-state index contributed by atoms with van der Waals surface area (Å²) in [5, 5.41) is 8.75. The number of carboxylic acid groups (broad SMARTS) is 1. The van der Waals surface area contributed by atoms with E-state index in [1.54, 1.807) is 0 Å². The van der Waals surface area contributed by atoms with Gasteiger partial charge in [-0.1, -0.05) is 20.8 Å². The van der Waals surface area contributed by atoms with Gasteiger partial charge in [-0.05, 0) is 18.1 Å². The molecule has 1 amide bonds. The number of carbonyl (C=O) groups is 2. The molecule has 0 spiro atoms. The molecular weight excluding hydrogens is 238 g/mol. The molecule has 3 N–H and O–H groups in total. The predicted octanol–water partition coefficient (Wildman–Crippen LogP) is 1.73. The fraction of sp³-hybridized carbons (Fsp3) is 0.818. The summed E-state index contributed by atoms with van der Waals surface area (Å²) in [5.41, 5.74) is 5.10. The molecule has 0 heterocycles. The van der Waals surface area contributed by atoms with Gasteiger partial charge in [0.05, 0.1) is 18.9 Å². The number of carboxylic acids is 1. The van der Waals surface area contributed by atoms with Crippen LogP contribution in [0.3, 0.4) is 0 Å². The minimum absolute atomic E-state index is 0.0264. The summed E-state index contributed by atoms with van der Waals surface area (Å²) in [6.07, 6.45) is -0.847. The Hall–Kier alpha value is -0.883. The molecule has 5 nitrogen and oxygen atoms in total. The fourth-order valence-electron chi connectivity index (χ4n) is 1.17. The Morgan fingerprint density at radius 3 is 2.06 bits per heavy atom. The summed E-state index contributed by atoms with van der Waals surface area (Å²) in [7, 11) is -2.07. The predicted molar refractivity (Wildman–Crippen MR) is 68.1 cm³/mol. The van der Waals surface area contributed by atoms with Crippen LogP contribution in [-0.2, 0) is 14.0 Å². The van der Waals surface area contributed by atoms with E-state index >= 15 is 0 Å². The average molecular weight is 261 g/mol. The van der Waals surface area contributed by atoms with Crippen molar-refractivity contribution in [3.63, 3.8) is 0 Å². The first-order chi connectivity index (χ1) is 7.45. The molecule has 0 aliphatic carbocycles. The molecule has 0 bridgehead atoms. The van der Waals surface area contributed by atoms with E-state index in [9.17, 15) is 9.59 Å². The molecule has 0 aromatic carbocycles. The second kappa shape index (κ2) is 5.64. The number of rotatable bonds is 6. The minimum Gasteiger partial charge on any atom is -0.481 e. The largest absolute Gasteiger partial charge is 0.481 e. The van der Waals surface area contributed by atoms with E-state index in [4.69, 9.17) is 15.3 Å². The van der Waals surface area contributed by atoms with Crippen molar-refractivity contribution in [3.8, 4) is 0 Å². The van der Waals surface area contributed by atoms with E-state index in [2.05, 4.69) is 20.8 Å². The van der Waals surface area contributed by atoms with Crippen LogP contribution in [0, 0.1) is 0 Å². The Balaban J connectivity index is 4.73. The SMILES string of the molecule is CC(C)(C)[Si](C)(C)OC(CC(N)=O)CC(=O)O. The summed E-state index contributed by atoms with van der Waals surface area (Å²) in [6, 6.07) is 0. The number of aliphatic carboxylic acids is 1. The van der Waals surface area contributed by atoms with Gasteiger partial charge in [0.1, 0.15) is 0 Å². The number of nitrogens with two attached hydrogens (primary N) is 1. The zero-order chi connectivity index (χ0) is 13.9. The molecule has 0 aromatic heterocycles. The van der Waals surface area contributed by atoms with Crippen molar-refractivity contribution < 1.29 is 19.1 Å². The van der Waals surface area contributed by atoms with E-state index < -0.39 is 26.3 Å². The summed E-state index contributed by atoms with van der Waals surface area (Å²) in [6.45, 7) is 10.2. The van der Waals surface area contributed by atoms with Gasteiger partial charge in [-0.15, -0.1) is 0 Å². The van der Waals surface area contributed by atoms with Crippen LogP contribution in [0.5, 0.6) is 0 Å². The summed E-state index contributed by atoms with van der Waals surface area (Å²) >= 11 is 0. The van der Waals surface area contributed by atoms with Crippen LogP contribution in [-0.4, -0.2) is 31.4 Å². The lowest BCUT2D eigenvalue weighted by atomic mass is 10.2. The standard InChI is InChI=1S/C11H23NO4Si/c1-11(2,3)17(4,5)16-8(6-9(12)13)7-10(14)15/h8H,6-7H2,1-5H3,(H2,12,13)(H,14,15). The Morgan fingerprint density at radius 1 is 1.29 bits per heavy atom. The molecule has 0 saturated carbocycles. The van der Waals surface area contributed by atoms with E-state index in [0.29, 0.717) is 0 Å². The molecule has 0 aromatic rings. The number of carbonyl (C=O) groups excluding carboxylic acids is 1.